The molecule has 0 atom stereocenters. The molecule has 1 rings (SSSR count). The van der Waals surface area contributed by atoms with Gasteiger partial charge in [0.05, 0.1) is 7.11 Å². The van der Waals surface area contributed by atoms with Crippen molar-refractivity contribution < 1.29 is 4.74 Å². The van der Waals surface area contributed by atoms with Crippen molar-refractivity contribution in [2.45, 2.75) is 6.92 Å². The minimum Gasteiger partial charge on any atom is -0.491 e. The monoisotopic (exact) mass is 179 g/mol. The van der Waals surface area contributed by atoms with Crippen LogP contribution in [0.15, 0.2) is 23.6 Å². The lowest BCUT2D eigenvalue weighted by molar-refractivity contribution is 0.403. The van der Waals surface area contributed by atoms with Crippen LogP contribution in [0.3, 0.4) is 0 Å². The fourth-order valence-corrected chi connectivity index (χ4v) is 1.14. The fraction of sp³-hybridized carbons (Fsp3) is 0.300. The Morgan fingerprint density at radius 3 is 2.69 bits per heavy atom. The summed E-state index contributed by atoms with van der Waals surface area (Å²) in [7, 11) is 3.18. The van der Waals surface area contributed by atoms with Crippen LogP contribution in [0.25, 0.3) is 5.57 Å². The van der Waals surface area contributed by atoms with Crippen molar-refractivity contribution in [2.75, 3.05) is 7.11 Å². The van der Waals surface area contributed by atoms with E-state index in [2.05, 4.69) is 6.58 Å². The number of pyridine rings is 1. The highest BCUT2D eigenvalue weighted by Crippen LogP contribution is 2.19. The molecule has 0 saturated carbocycles. The second kappa shape index (κ2) is 3.47. The van der Waals surface area contributed by atoms with E-state index in [1.165, 1.54) is 11.7 Å². The minimum atomic E-state index is -0.136. The highest BCUT2D eigenvalue weighted by molar-refractivity contribution is 5.66. The first kappa shape index (κ1) is 9.58. The molecule has 0 aliphatic heterocycles. The summed E-state index contributed by atoms with van der Waals surface area (Å²) in [6.45, 7) is 5.62. The number of hydrogen-bond acceptors (Lipinski definition) is 2. The molecule has 0 unspecified atom stereocenters. The lowest BCUT2D eigenvalue weighted by atomic mass is 10.1. The Kier molecular flexibility index (Phi) is 2.56. The number of hydrogen-bond donors (Lipinski definition) is 0. The minimum absolute atomic E-state index is 0.136. The average Bonchev–Trinajstić information content (AvgIpc) is 2.09. The van der Waals surface area contributed by atoms with Crippen molar-refractivity contribution in [3.8, 4) is 5.75 Å². The Morgan fingerprint density at radius 2 is 2.23 bits per heavy atom. The predicted octanol–water partition coefficient (Wildman–Crippen LogP) is 1.43. The van der Waals surface area contributed by atoms with E-state index in [1.54, 1.807) is 13.2 Å². The first-order valence-corrected chi connectivity index (χ1v) is 3.97. The van der Waals surface area contributed by atoms with E-state index in [0.717, 1.165) is 11.1 Å². The molecule has 0 aromatic carbocycles. The summed E-state index contributed by atoms with van der Waals surface area (Å²) < 4.78 is 6.50. The van der Waals surface area contributed by atoms with Gasteiger partial charge in [0.1, 0.15) is 0 Å². The van der Waals surface area contributed by atoms with Gasteiger partial charge in [-0.15, -0.1) is 0 Å². The van der Waals surface area contributed by atoms with Crippen LogP contribution in [-0.4, -0.2) is 11.7 Å². The molecule has 0 fully saturated rings. The summed E-state index contributed by atoms with van der Waals surface area (Å²) in [5.41, 5.74) is 1.46. The van der Waals surface area contributed by atoms with E-state index in [1.807, 2.05) is 13.0 Å². The molecule has 0 radical (unpaired) electrons. The molecule has 0 spiro atoms. The van der Waals surface area contributed by atoms with Gasteiger partial charge in [0, 0.05) is 18.8 Å². The van der Waals surface area contributed by atoms with Crippen molar-refractivity contribution in [2.24, 2.45) is 7.05 Å². The highest BCUT2D eigenvalue weighted by Gasteiger charge is 2.08. The van der Waals surface area contributed by atoms with Gasteiger partial charge >= 0.3 is 0 Å². The van der Waals surface area contributed by atoms with Crippen LogP contribution in [0.2, 0.25) is 0 Å². The van der Waals surface area contributed by atoms with Crippen LogP contribution >= 0.6 is 0 Å². The first-order chi connectivity index (χ1) is 6.07. The number of rotatable bonds is 2. The molecule has 0 saturated heterocycles. The van der Waals surface area contributed by atoms with E-state index in [-0.39, 0.29) is 5.56 Å². The molecule has 1 aromatic rings. The number of aryl methyl sites for hydroxylation is 1. The van der Waals surface area contributed by atoms with Crippen molar-refractivity contribution in [3.63, 3.8) is 0 Å². The molecule has 3 nitrogen and oxygen atoms in total. The molecular formula is C10H13NO2. The number of methoxy groups -OCH3 is 1. The Balaban J connectivity index is 3.48. The van der Waals surface area contributed by atoms with E-state index >= 15 is 0 Å². The van der Waals surface area contributed by atoms with Crippen LogP contribution in [0.1, 0.15) is 12.5 Å². The maximum Gasteiger partial charge on any atom is 0.293 e. The second-order valence-electron chi connectivity index (χ2n) is 2.96. The fourth-order valence-electron chi connectivity index (χ4n) is 1.14. The number of allylic oxidation sites excluding steroid dienone is 1. The van der Waals surface area contributed by atoms with Crippen LogP contribution in [0.4, 0.5) is 0 Å². The molecule has 1 aromatic heterocycles. The van der Waals surface area contributed by atoms with Gasteiger partial charge in [0.2, 0.25) is 0 Å². The van der Waals surface area contributed by atoms with Gasteiger partial charge in [-0.05, 0) is 18.6 Å². The quantitative estimate of drug-likeness (QED) is 0.687. The van der Waals surface area contributed by atoms with Gasteiger partial charge in [-0.3, -0.25) is 4.79 Å². The van der Waals surface area contributed by atoms with Crippen LogP contribution in [-0.2, 0) is 7.05 Å². The topological polar surface area (TPSA) is 31.2 Å². The van der Waals surface area contributed by atoms with E-state index in [0.29, 0.717) is 5.75 Å². The molecular weight excluding hydrogens is 166 g/mol. The van der Waals surface area contributed by atoms with E-state index in [9.17, 15) is 4.79 Å². The van der Waals surface area contributed by atoms with Gasteiger partial charge < -0.3 is 9.30 Å². The van der Waals surface area contributed by atoms with Gasteiger partial charge in [-0.1, -0.05) is 6.58 Å². The van der Waals surface area contributed by atoms with Crippen molar-refractivity contribution in [1.82, 2.24) is 4.57 Å². The standard InChI is InChI=1S/C10H13NO2/c1-7(2)8-5-6-11(3)10(12)9(8)13-4/h5-6H,1H2,2-4H3. The van der Waals surface area contributed by atoms with Crippen LogP contribution in [0.5, 0.6) is 5.75 Å². The van der Waals surface area contributed by atoms with E-state index < -0.39 is 0 Å². The normalized spacial score (nSPS) is 9.77. The summed E-state index contributed by atoms with van der Waals surface area (Å²) in [5.74, 6) is 0.359. The maximum atomic E-state index is 11.5. The summed E-state index contributed by atoms with van der Waals surface area (Å²) in [5, 5.41) is 0. The Morgan fingerprint density at radius 1 is 1.62 bits per heavy atom. The van der Waals surface area contributed by atoms with Crippen molar-refractivity contribution in [1.29, 1.82) is 0 Å². The molecule has 0 aliphatic carbocycles. The third kappa shape index (κ3) is 1.64. The predicted molar refractivity (Wildman–Crippen MR) is 52.9 cm³/mol. The molecule has 0 amide bonds. The smallest absolute Gasteiger partial charge is 0.293 e. The Bertz CT molecular complexity index is 390. The molecule has 0 bridgehead atoms. The summed E-state index contributed by atoms with van der Waals surface area (Å²) >= 11 is 0. The van der Waals surface area contributed by atoms with Gasteiger partial charge in [-0.25, -0.2) is 0 Å². The zero-order valence-corrected chi connectivity index (χ0v) is 8.13. The average molecular weight is 179 g/mol. The third-order valence-corrected chi connectivity index (χ3v) is 1.89. The largest absolute Gasteiger partial charge is 0.491 e. The lowest BCUT2D eigenvalue weighted by Crippen LogP contribution is -2.18. The van der Waals surface area contributed by atoms with Crippen molar-refractivity contribution >= 4 is 5.57 Å². The summed E-state index contributed by atoms with van der Waals surface area (Å²) in [6, 6.07) is 1.82. The molecule has 1 heterocycles. The zero-order chi connectivity index (χ0) is 10.0. The number of aromatic nitrogens is 1. The first-order valence-electron chi connectivity index (χ1n) is 3.97. The van der Waals surface area contributed by atoms with Gasteiger partial charge in [0.15, 0.2) is 5.75 Å². The molecule has 70 valence electrons. The molecule has 3 heteroatoms. The number of nitrogens with zero attached hydrogens (tertiary/aromatic N) is 1. The number of ether oxygens (including phenoxy) is 1. The zero-order valence-electron chi connectivity index (χ0n) is 8.13. The van der Waals surface area contributed by atoms with Crippen LogP contribution < -0.4 is 10.3 Å². The SMILES string of the molecule is C=C(C)c1ccn(C)c(=O)c1OC. The maximum absolute atomic E-state index is 11.5. The highest BCUT2D eigenvalue weighted by atomic mass is 16.5. The summed E-state index contributed by atoms with van der Waals surface area (Å²) in [4.78, 5) is 11.5. The molecule has 0 aliphatic rings. The van der Waals surface area contributed by atoms with Gasteiger partial charge in [0.25, 0.3) is 5.56 Å². The van der Waals surface area contributed by atoms with Gasteiger partial charge in [-0.2, -0.15) is 0 Å². The Labute approximate surface area is 77.3 Å². The summed E-state index contributed by atoms with van der Waals surface area (Å²) in [6.07, 6.45) is 1.70. The van der Waals surface area contributed by atoms with Crippen LogP contribution in [0, 0.1) is 0 Å². The second-order valence-corrected chi connectivity index (χ2v) is 2.96. The lowest BCUT2D eigenvalue weighted by Gasteiger charge is -2.08. The Hall–Kier alpha value is -1.51. The molecule has 0 N–H and O–H groups in total. The molecule has 13 heavy (non-hydrogen) atoms. The van der Waals surface area contributed by atoms with Crippen molar-refractivity contribution in [3.05, 3.63) is 34.8 Å². The van der Waals surface area contributed by atoms with E-state index in [4.69, 9.17) is 4.74 Å². The third-order valence-electron chi connectivity index (χ3n) is 1.89.